The smallest absolute Gasteiger partial charge is 0.260 e. The molecule has 3 aromatic rings. The molecule has 0 N–H and O–H groups in total. The van der Waals surface area contributed by atoms with Gasteiger partial charge in [-0.3, -0.25) is 9.69 Å². The number of carbonyl (C=O) groups is 1. The predicted octanol–water partition coefficient (Wildman–Crippen LogP) is 3.31. The van der Waals surface area contributed by atoms with E-state index in [1.165, 1.54) is 11.9 Å². The van der Waals surface area contributed by atoms with Crippen molar-refractivity contribution in [3.63, 3.8) is 0 Å². The van der Waals surface area contributed by atoms with E-state index < -0.39 is 0 Å². The molecule has 2 atom stereocenters. The molecule has 1 aliphatic rings. The van der Waals surface area contributed by atoms with E-state index in [0.29, 0.717) is 11.5 Å². The fraction of sp³-hybridized carbons (Fsp3) is 0.211. The van der Waals surface area contributed by atoms with Gasteiger partial charge < -0.3 is 0 Å². The summed E-state index contributed by atoms with van der Waals surface area (Å²) in [5.41, 5.74) is 1.85. The highest BCUT2D eigenvalue weighted by Crippen LogP contribution is 2.34. The number of hydrogen-bond acceptors (Lipinski definition) is 3. The van der Waals surface area contributed by atoms with E-state index in [2.05, 4.69) is 29.1 Å². The van der Waals surface area contributed by atoms with Gasteiger partial charge in [-0.05, 0) is 31.0 Å². The lowest BCUT2D eigenvalue weighted by Crippen LogP contribution is -2.46. The van der Waals surface area contributed by atoms with Gasteiger partial charge in [0.2, 0.25) is 5.95 Å². The first-order valence-electron chi connectivity index (χ1n) is 8.09. The minimum atomic E-state index is -0.0381. The molecule has 2 aromatic carbocycles. The number of carbonyl (C=O) groups excluding carboxylic acids is 1. The van der Waals surface area contributed by atoms with Gasteiger partial charge in [0.15, 0.2) is 0 Å². The zero-order chi connectivity index (χ0) is 16.5. The van der Waals surface area contributed by atoms with Crippen LogP contribution in [0.15, 0.2) is 67.0 Å². The first kappa shape index (κ1) is 14.6. The summed E-state index contributed by atoms with van der Waals surface area (Å²) < 4.78 is 1.86. The highest BCUT2D eigenvalue weighted by Gasteiger charge is 2.36. The van der Waals surface area contributed by atoms with Crippen LogP contribution in [0.4, 0.5) is 5.95 Å². The van der Waals surface area contributed by atoms with Crippen molar-refractivity contribution in [1.82, 2.24) is 14.8 Å². The van der Waals surface area contributed by atoms with Crippen molar-refractivity contribution < 1.29 is 4.79 Å². The molecule has 120 valence electrons. The van der Waals surface area contributed by atoms with Crippen molar-refractivity contribution >= 4 is 11.9 Å². The topological polar surface area (TPSA) is 51.0 Å². The Hall–Kier alpha value is -2.95. The third-order valence-electron chi connectivity index (χ3n) is 4.49. The van der Waals surface area contributed by atoms with Crippen LogP contribution < -0.4 is 4.90 Å². The van der Waals surface area contributed by atoms with Gasteiger partial charge in [0, 0.05) is 11.6 Å². The number of fused-ring (bicyclic) bond motifs is 1. The predicted molar refractivity (Wildman–Crippen MR) is 91.9 cm³/mol. The summed E-state index contributed by atoms with van der Waals surface area (Å²) in [4.78, 5) is 19.1. The Bertz CT molecular complexity index is 844. The average Bonchev–Trinajstić information content (AvgIpc) is 3.11. The molecule has 5 nitrogen and oxygen atoms in total. The van der Waals surface area contributed by atoms with E-state index >= 15 is 0 Å². The molecule has 0 radical (unpaired) electrons. The van der Waals surface area contributed by atoms with Crippen LogP contribution in [0.3, 0.4) is 0 Å². The number of rotatable bonds is 2. The second-order valence-electron chi connectivity index (χ2n) is 6.06. The molecular formula is C19H18N4O. The maximum Gasteiger partial charge on any atom is 0.260 e. The second kappa shape index (κ2) is 5.92. The van der Waals surface area contributed by atoms with E-state index in [9.17, 15) is 4.79 Å². The van der Waals surface area contributed by atoms with Gasteiger partial charge in [-0.15, -0.1) is 0 Å². The number of anilines is 1. The molecule has 0 fully saturated rings. The SMILES string of the molecule is C[C@@H]1C[C@@H](c2ccccc2)n2ncnc2N1C(=O)c1ccccc1. The molecule has 5 heteroatoms. The maximum atomic E-state index is 13.0. The lowest BCUT2D eigenvalue weighted by atomic mass is 9.97. The third-order valence-corrected chi connectivity index (χ3v) is 4.49. The zero-order valence-corrected chi connectivity index (χ0v) is 13.4. The standard InChI is InChI=1S/C19H18N4O/c1-14-12-17(15-8-4-2-5-9-15)23-19(20-13-21-23)22(14)18(24)16-10-6-3-7-11-16/h2-11,13-14,17H,12H2,1H3/t14-,17+/m1/s1. The van der Waals surface area contributed by atoms with Crippen LogP contribution in [-0.4, -0.2) is 26.7 Å². The Kier molecular flexibility index (Phi) is 3.61. The van der Waals surface area contributed by atoms with Gasteiger partial charge in [-0.25, -0.2) is 4.68 Å². The fourth-order valence-electron chi connectivity index (χ4n) is 3.33. The minimum Gasteiger partial charge on any atom is -0.274 e. The van der Waals surface area contributed by atoms with E-state index in [0.717, 1.165) is 6.42 Å². The molecule has 24 heavy (non-hydrogen) atoms. The van der Waals surface area contributed by atoms with Gasteiger partial charge in [0.05, 0.1) is 6.04 Å². The highest BCUT2D eigenvalue weighted by molar-refractivity contribution is 6.05. The van der Waals surface area contributed by atoms with Crippen LogP contribution in [-0.2, 0) is 0 Å². The monoisotopic (exact) mass is 318 g/mol. The molecule has 1 amide bonds. The number of amides is 1. The Morgan fingerprint density at radius 3 is 2.42 bits per heavy atom. The molecule has 0 spiro atoms. The maximum absolute atomic E-state index is 13.0. The van der Waals surface area contributed by atoms with Crippen molar-refractivity contribution in [1.29, 1.82) is 0 Å². The number of nitrogens with zero attached hydrogens (tertiary/aromatic N) is 4. The van der Waals surface area contributed by atoms with Crippen LogP contribution in [0.1, 0.15) is 35.3 Å². The number of aromatic nitrogens is 3. The van der Waals surface area contributed by atoms with Crippen molar-refractivity contribution in [2.75, 3.05) is 4.90 Å². The molecule has 2 heterocycles. The quantitative estimate of drug-likeness (QED) is 0.728. The van der Waals surface area contributed by atoms with E-state index in [1.54, 1.807) is 4.90 Å². The molecule has 1 aliphatic heterocycles. The van der Waals surface area contributed by atoms with Gasteiger partial charge in [-0.2, -0.15) is 10.1 Å². The summed E-state index contributed by atoms with van der Waals surface area (Å²) in [6, 6.07) is 19.7. The Morgan fingerprint density at radius 1 is 1.04 bits per heavy atom. The first-order valence-corrected chi connectivity index (χ1v) is 8.09. The Labute approximate surface area is 140 Å². The van der Waals surface area contributed by atoms with Crippen LogP contribution in [0, 0.1) is 0 Å². The van der Waals surface area contributed by atoms with Gasteiger partial charge >= 0.3 is 0 Å². The molecule has 0 bridgehead atoms. The number of hydrogen-bond donors (Lipinski definition) is 0. The van der Waals surface area contributed by atoms with E-state index in [4.69, 9.17) is 0 Å². The minimum absolute atomic E-state index is 0.0381. The van der Waals surface area contributed by atoms with Gasteiger partial charge in [0.25, 0.3) is 5.91 Å². The van der Waals surface area contributed by atoms with Crippen LogP contribution in [0.5, 0.6) is 0 Å². The van der Waals surface area contributed by atoms with E-state index in [1.807, 2.05) is 53.2 Å². The Morgan fingerprint density at radius 2 is 1.71 bits per heavy atom. The van der Waals surface area contributed by atoms with Crippen LogP contribution in [0.25, 0.3) is 0 Å². The van der Waals surface area contributed by atoms with Gasteiger partial charge in [-0.1, -0.05) is 48.5 Å². The molecular weight excluding hydrogens is 300 g/mol. The average molecular weight is 318 g/mol. The Balaban J connectivity index is 1.74. The summed E-state index contributed by atoms with van der Waals surface area (Å²) in [6.07, 6.45) is 2.33. The van der Waals surface area contributed by atoms with E-state index in [-0.39, 0.29) is 18.0 Å². The largest absolute Gasteiger partial charge is 0.274 e. The molecule has 4 rings (SSSR count). The molecule has 0 saturated carbocycles. The van der Waals surface area contributed by atoms with Crippen LogP contribution in [0.2, 0.25) is 0 Å². The van der Waals surface area contributed by atoms with Crippen molar-refractivity contribution in [2.45, 2.75) is 25.4 Å². The van der Waals surface area contributed by atoms with Gasteiger partial charge in [0.1, 0.15) is 6.33 Å². The summed E-state index contributed by atoms with van der Waals surface area (Å²) in [5, 5.41) is 4.39. The number of benzene rings is 2. The molecule has 1 aromatic heterocycles. The summed E-state index contributed by atoms with van der Waals surface area (Å²) in [6.45, 7) is 2.06. The normalized spacial score (nSPS) is 19.8. The molecule has 0 aliphatic carbocycles. The zero-order valence-electron chi connectivity index (χ0n) is 13.4. The van der Waals surface area contributed by atoms with Crippen LogP contribution >= 0.6 is 0 Å². The van der Waals surface area contributed by atoms with Crippen molar-refractivity contribution in [2.24, 2.45) is 0 Å². The molecule has 0 saturated heterocycles. The first-order chi connectivity index (χ1) is 11.8. The van der Waals surface area contributed by atoms with Crippen molar-refractivity contribution in [3.8, 4) is 0 Å². The summed E-state index contributed by atoms with van der Waals surface area (Å²) in [7, 11) is 0. The summed E-state index contributed by atoms with van der Waals surface area (Å²) in [5.74, 6) is 0.570. The third kappa shape index (κ3) is 2.38. The fourth-order valence-corrected chi connectivity index (χ4v) is 3.33. The van der Waals surface area contributed by atoms with Crippen molar-refractivity contribution in [3.05, 3.63) is 78.1 Å². The lowest BCUT2D eigenvalue weighted by Gasteiger charge is -2.37. The second-order valence-corrected chi connectivity index (χ2v) is 6.06. The molecule has 0 unspecified atom stereocenters. The summed E-state index contributed by atoms with van der Waals surface area (Å²) >= 11 is 0. The lowest BCUT2D eigenvalue weighted by molar-refractivity contribution is 0.0966. The highest BCUT2D eigenvalue weighted by atomic mass is 16.2.